The molecule has 9 heteroatoms. The Kier molecular flexibility index (Phi) is 9.65. The largest absolute Gasteiger partial charge is 0.508 e. The number of aryl methyl sites for hydroxylation is 1. The number of carbonyl (C=O) groups is 3. The highest BCUT2D eigenvalue weighted by Crippen LogP contribution is 2.32. The average molecular weight is 502 g/mol. The third-order valence-electron chi connectivity index (χ3n) is 6.45. The molecule has 2 aromatic rings. The van der Waals surface area contributed by atoms with Crippen LogP contribution in [0.4, 0.5) is 0 Å². The molecule has 1 fully saturated rings. The molecule has 0 aliphatic heterocycles. The summed E-state index contributed by atoms with van der Waals surface area (Å²) in [6.45, 7) is 3.38. The van der Waals surface area contributed by atoms with Crippen LogP contribution in [0.25, 0.3) is 0 Å². The molecule has 1 aliphatic rings. The zero-order chi connectivity index (χ0) is 25.4. The smallest absolute Gasteiger partial charge is 0.303 e. The molecule has 0 bridgehead atoms. The molecule has 0 saturated heterocycles. The van der Waals surface area contributed by atoms with Crippen LogP contribution in [0.1, 0.15) is 79.1 Å². The second kappa shape index (κ2) is 12.7. The van der Waals surface area contributed by atoms with Gasteiger partial charge in [-0.1, -0.05) is 44.2 Å². The summed E-state index contributed by atoms with van der Waals surface area (Å²) in [5.41, 5.74) is 1.81. The van der Waals surface area contributed by atoms with E-state index in [0.717, 1.165) is 22.6 Å². The van der Waals surface area contributed by atoms with Crippen LogP contribution in [0.15, 0.2) is 24.3 Å². The van der Waals surface area contributed by atoms with Gasteiger partial charge in [-0.3, -0.25) is 14.4 Å². The number of aliphatic carboxylic acids is 1. The van der Waals surface area contributed by atoms with Crippen LogP contribution in [0.2, 0.25) is 0 Å². The van der Waals surface area contributed by atoms with E-state index in [1.807, 2.05) is 6.92 Å². The maximum atomic E-state index is 13.2. The van der Waals surface area contributed by atoms with Gasteiger partial charge in [-0.25, -0.2) is 4.98 Å². The molecule has 8 nitrogen and oxygen atoms in total. The summed E-state index contributed by atoms with van der Waals surface area (Å²) >= 11 is 1.50. The standard InChI is InChI=1S/C26H35N3O5S/c1-16-22(14-18-6-4-3-5-7-18)29-26(35-16)21(12-13-24(32)33)28-25(34)23(27-17(2)30)15-19-8-10-20(31)11-9-19/h8-11,18,21,23,31H,3-7,12-15H2,1-2H3,(H,27,30)(H,28,34)(H,32,33). The van der Waals surface area contributed by atoms with E-state index in [-0.39, 0.29) is 30.9 Å². The molecule has 35 heavy (non-hydrogen) atoms. The van der Waals surface area contributed by atoms with Crippen molar-refractivity contribution in [3.63, 3.8) is 0 Å². The van der Waals surface area contributed by atoms with Crippen molar-refractivity contribution in [2.75, 3.05) is 0 Å². The Bertz CT molecular complexity index is 1010. The van der Waals surface area contributed by atoms with Gasteiger partial charge in [0.05, 0.1) is 11.7 Å². The highest BCUT2D eigenvalue weighted by atomic mass is 32.1. The third-order valence-corrected chi connectivity index (χ3v) is 7.57. The minimum Gasteiger partial charge on any atom is -0.508 e. The summed E-state index contributed by atoms with van der Waals surface area (Å²) in [4.78, 5) is 42.3. The third kappa shape index (κ3) is 8.35. The van der Waals surface area contributed by atoms with E-state index in [0.29, 0.717) is 10.9 Å². The van der Waals surface area contributed by atoms with Crippen molar-refractivity contribution in [3.8, 4) is 5.75 Å². The van der Waals surface area contributed by atoms with Crippen LogP contribution in [-0.4, -0.2) is 39.0 Å². The fourth-order valence-electron chi connectivity index (χ4n) is 4.57. The van der Waals surface area contributed by atoms with Crippen molar-refractivity contribution in [3.05, 3.63) is 45.4 Å². The summed E-state index contributed by atoms with van der Waals surface area (Å²) in [7, 11) is 0. The molecule has 1 heterocycles. The zero-order valence-electron chi connectivity index (χ0n) is 20.4. The highest BCUT2D eigenvalue weighted by Gasteiger charge is 2.27. The number of phenols is 1. The normalized spacial score (nSPS) is 15.8. The van der Waals surface area contributed by atoms with Crippen LogP contribution in [0, 0.1) is 12.8 Å². The number of rotatable bonds is 11. The van der Waals surface area contributed by atoms with Crippen molar-refractivity contribution in [1.29, 1.82) is 0 Å². The van der Waals surface area contributed by atoms with Gasteiger partial charge < -0.3 is 20.8 Å². The van der Waals surface area contributed by atoms with Crippen molar-refractivity contribution < 1.29 is 24.6 Å². The van der Waals surface area contributed by atoms with Gasteiger partial charge in [-0.2, -0.15) is 0 Å². The number of carboxylic acids is 1. The molecule has 1 aromatic heterocycles. The highest BCUT2D eigenvalue weighted by molar-refractivity contribution is 7.11. The molecule has 3 rings (SSSR count). The molecule has 4 N–H and O–H groups in total. The number of benzene rings is 1. The second-order valence-electron chi connectivity index (χ2n) is 9.38. The average Bonchev–Trinajstić information content (AvgIpc) is 3.17. The number of carboxylic acid groups (broad SMARTS) is 1. The summed E-state index contributed by atoms with van der Waals surface area (Å²) in [5.74, 6) is -0.941. The number of aromatic nitrogens is 1. The van der Waals surface area contributed by atoms with Crippen LogP contribution in [-0.2, 0) is 27.2 Å². The first-order chi connectivity index (χ1) is 16.7. The monoisotopic (exact) mass is 501 g/mol. The maximum Gasteiger partial charge on any atom is 0.303 e. The Morgan fingerprint density at radius 3 is 2.43 bits per heavy atom. The quantitative estimate of drug-likeness (QED) is 0.368. The van der Waals surface area contributed by atoms with E-state index in [9.17, 15) is 24.6 Å². The van der Waals surface area contributed by atoms with Gasteiger partial charge in [0, 0.05) is 24.6 Å². The Morgan fingerprint density at radius 2 is 1.80 bits per heavy atom. The number of thiazole rings is 1. The lowest BCUT2D eigenvalue weighted by molar-refractivity contribution is -0.137. The lowest BCUT2D eigenvalue weighted by atomic mass is 9.86. The van der Waals surface area contributed by atoms with Crippen LogP contribution in [0.3, 0.4) is 0 Å². The molecular formula is C26H35N3O5S. The number of amides is 2. The minimum atomic E-state index is -0.942. The maximum absolute atomic E-state index is 13.2. The molecule has 1 aliphatic carbocycles. The van der Waals surface area contributed by atoms with Crippen molar-refractivity contribution in [2.24, 2.45) is 5.92 Å². The number of hydrogen-bond acceptors (Lipinski definition) is 6. The van der Waals surface area contributed by atoms with E-state index in [1.165, 1.54) is 62.5 Å². The predicted octanol–water partition coefficient (Wildman–Crippen LogP) is 4.05. The number of nitrogens with one attached hydrogen (secondary N) is 2. The first kappa shape index (κ1) is 26.7. The summed E-state index contributed by atoms with van der Waals surface area (Å²) in [6.07, 6.45) is 7.47. The fraction of sp³-hybridized carbons (Fsp3) is 0.538. The minimum absolute atomic E-state index is 0.107. The number of hydrogen-bond donors (Lipinski definition) is 4. The SMILES string of the molecule is CC(=O)NC(Cc1ccc(O)cc1)C(=O)NC(CCC(=O)O)c1nc(CC2CCCCC2)c(C)s1. The van der Waals surface area contributed by atoms with Gasteiger partial charge in [-0.15, -0.1) is 11.3 Å². The van der Waals surface area contributed by atoms with Gasteiger partial charge in [0.15, 0.2) is 0 Å². The Hall–Kier alpha value is -2.94. The van der Waals surface area contributed by atoms with E-state index in [2.05, 4.69) is 10.6 Å². The van der Waals surface area contributed by atoms with Crippen LogP contribution < -0.4 is 10.6 Å². The number of nitrogens with zero attached hydrogens (tertiary/aromatic N) is 1. The number of carbonyl (C=O) groups excluding carboxylic acids is 2. The van der Waals surface area contributed by atoms with E-state index < -0.39 is 24.0 Å². The van der Waals surface area contributed by atoms with E-state index >= 15 is 0 Å². The molecule has 0 spiro atoms. The molecule has 2 unspecified atom stereocenters. The first-order valence-corrected chi connectivity index (χ1v) is 13.1. The summed E-state index contributed by atoms with van der Waals surface area (Å²) in [5, 5.41) is 25.1. The van der Waals surface area contributed by atoms with Crippen molar-refractivity contribution in [1.82, 2.24) is 15.6 Å². The predicted molar refractivity (Wildman–Crippen MR) is 134 cm³/mol. The van der Waals surface area contributed by atoms with Crippen LogP contribution in [0.5, 0.6) is 5.75 Å². The molecule has 1 aromatic carbocycles. The second-order valence-corrected chi connectivity index (χ2v) is 10.6. The number of aromatic hydroxyl groups is 1. The van der Waals surface area contributed by atoms with Gasteiger partial charge in [0.25, 0.3) is 0 Å². The van der Waals surface area contributed by atoms with Crippen molar-refractivity contribution in [2.45, 2.75) is 83.7 Å². The first-order valence-electron chi connectivity index (χ1n) is 12.2. The Balaban J connectivity index is 1.76. The lowest BCUT2D eigenvalue weighted by Gasteiger charge is -2.22. The molecule has 0 radical (unpaired) electrons. The molecule has 2 atom stereocenters. The van der Waals surface area contributed by atoms with E-state index in [1.54, 1.807) is 12.1 Å². The lowest BCUT2D eigenvalue weighted by Crippen LogP contribution is -2.48. The Morgan fingerprint density at radius 1 is 1.11 bits per heavy atom. The fourth-order valence-corrected chi connectivity index (χ4v) is 5.61. The molecule has 1 saturated carbocycles. The van der Waals surface area contributed by atoms with Gasteiger partial charge in [0.1, 0.15) is 16.8 Å². The zero-order valence-corrected chi connectivity index (χ0v) is 21.2. The van der Waals surface area contributed by atoms with Gasteiger partial charge in [-0.05, 0) is 43.4 Å². The molecular weight excluding hydrogens is 466 g/mol. The topological polar surface area (TPSA) is 129 Å². The number of phenolic OH excluding ortho intramolecular Hbond substituents is 1. The van der Waals surface area contributed by atoms with Crippen molar-refractivity contribution >= 4 is 29.1 Å². The summed E-state index contributed by atoms with van der Waals surface area (Å²) in [6, 6.07) is 5.05. The van der Waals surface area contributed by atoms with Gasteiger partial charge >= 0.3 is 5.97 Å². The molecule has 190 valence electrons. The summed E-state index contributed by atoms with van der Waals surface area (Å²) < 4.78 is 0. The Labute approximate surface area is 210 Å². The van der Waals surface area contributed by atoms with Crippen LogP contribution >= 0.6 is 11.3 Å². The van der Waals surface area contributed by atoms with Gasteiger partial charge in [0.2, 0.25) is 11.8 Å². The van der Waals surface area contributed by atoms with E-state index in [4.69, 9.17) is 4.98 Å². The molecule has 2 amide bonds.